The number of thioether (sulfide) groups is 1. The molecule has 0 bridgehead atoms. The van der Waals surface area contributed by atoms with Crippen LogP contribution in [0.25, 0.3) is 5.57 Å². The molecule has 0 spiro atoms. The van der Waals surface area contributed by atoms with Gasteiger partial charge < -0.3 is 0 Å². The van der Waals surface area contributed by atoms with Gasteiger partial charge in [0, 0.05) is 12.5 Å². The first-order chi connectivity index (χ1) is 12.5. The van der Waals surface area contributed by atoms with Gasteiger partial charge >= 0.3 is 0 Å². The van der Waals surface area contributed by atoms with E-state index >= 15 is 0 Å². The number of nitrogens with zero attached hydrogens (tertiary/aromatic N) is 2. The van der Waals surface area contributed by atoms with E-state index in [1.807, 2.05) is 18.2 Å². The third-order valence-corrected chi connectivity index (χ3v) is 5.53. The van der Waals surface area contributed by atoms with Crippen LogP contribution >= 0.6 is 24.0 Å². The molecular formula is C19H12N2O3S2. The number of imide groups is 1. The van der Waals surface area contributed by atoms with Crippen LogP contribution in [-0.4, -0.2) is 22.0 Å². The van der Waals surface area contributed by atoms with Crippen molar-refractivity contribution in [2.45, 2.75) is 6.92 Å². The normalized spacial score (nSPS) is 19.3. The lowest BCUT2D eigenvalue weighted by Gasteiger charge is -2.14. The molecule has 2 aliphatic heterocycles. The fraction of sp³-hybridized carbons (Fsp3) is 0.0526. The molecule has 2 aromatic carbocycles. The van der Waals surface area contributed by atoms with Gasteiger partial charge in [-0.25, -0.2) is 4.90 Å². The van der Waals surface area contributed by atoms with E-state index in [0.29, 0.717) is 21.3 Å². The number of hydrogen-bond donors (Lipinski definition) is 0. The van der Waals surface area contributed by atoms with Gasteiger partial charge in [-0.05, 0) is 18.2 Å². The number of thiocarbonyl (C=S) groups is 1. The number of carbonyl (C=O) groups is 3. The number of para-hydroxylation sites is 2. The van der Waals surface area contributed by atoms with Crippen molar-refractivity contribution in [1.82, 2.24) is 0 Å². The Morgan fingerprint density at radius 1 is 0.962 bits per heavy atom. The van der Waals surface area contributed by atoms with Crippen molar-refractivity contribution in [3.63, 3.8) is 0 Å². The number of hydrogen-bond acceptors (Lipinski definition) is 5. The van der Waals surface area contributed by atoms with E-state index in [4.69, 9.17) is 12.2 Å². The Morgan fingerprint density at radius 2 is 1.62 bits per heavy atom. The second-order valence-electron chi connectivity index (χ2n) is 5.72. The standard InChI is InChI=1S/C19H12N2O3S2/c1-11(22)20-14-10-6-5-9-13(14)15(17(20)23)16-18(24)21(19(25)26-16)12-7-3-2-4-8-12/h2-10H,1H3. The Morgan fingerprint density at radius 3 is 2.31 bits per heavy atom. The highest BCUT2D eigenvalue weighted by Gasteiger charge is 2.43. The lowest BCUT2D eigenvalue weighted by Crippen LogP contribution is -2.32. The van der Waals surface area contributed by atoms with E-state index in [1.165, 1.54) is 11.8 Å². The predicted octanol–water partition coefficient (Wildman–Crippen LogP) is 3.36. The van der Waals surface area contributed by atoms with E-state index < -0.39 is 11.8 Å². The van der Waals surface area contributed by atoms with E-state index in [9.17, 15) is 14.4 Å². The number of amides is 3. The molecule has 0 N–H and O–H groups in total. The maximum atomic E-state index is 13.0. The highest BCUT2D eigenvalue weighted by Crippen LogP contribution is 2.45. The first-order valence-electron chi connectivity index (χ1n) is 7.80. The number of benzene rings is 2. The monoisotopic (exact) mass is 380 g/mol. The van der Waals surface area contributed by atoms with Crippen LogP contribution in [0.3, 0.4) is 0 Å². The average molecular weight is 380 g/mol. The van der Waals surface area contributed by atoms with Gasteiger partial charge in [0.05, 0.1) is 21.9 Å². The number of rotatable bonds is 1. The lowest BCUT2D eigenvalue weighted by atomic mass is 10.1. The van der Waals surface area contributed by atoms with Gasteiger partial charge in [0.1, 0.15) is 0 Å². The Balaban J connectivity index is 1.88. The Kier molecular flexibility index (Phi) is 3.97. The quantitative estimate of drug-likeness (QED) is 0.561. The molecule has 0 radical (unpaired) electrons. The van der Waals surface area contributed by atoms with E-state index in [2.05, 4.69) is 0 Å². The van der Waals surface area contributed by atoms with Crippen LogP contribution in [0.15, 0.2) is 59.5 Å². The highest BCUT2D eigenvalue weighted by molar-refractivity contribution is 8.27. The van der Waals surface area contributed by atoms with Gasteiger partial charge in [-0.3, -0.25) is 19.3 Å². The topological polar surface area (TPSA) is 57.7 Å². The molecule has 0 saturated carbocycles. The first kappa shape index (κ1) is 16.7. The molecule has 5 nitrogen and oxygen atoms in total. The van der Waals surface area contributed by atoms with Gasteiger partial charge in [0.2, 0.25) is 5.91 Å². The summed E-state index contributed by atoms with van der Waals surface area (Å²) in [5.74, 6) is -1.24. The molecule has 1 saturated heterocycles. The summed E-state index contributed by atoms with van der Waals surface area (Å²) in [6.07, 6.45) is 0. The third-order valence-electron chi connectivity index (χ3n) is 4.16. The van der Waals surface area contributed by atoms with E-state index in [-0.39, 0.29) is 16.4 Å². The van der Waals surface area contributed by atoms with Crippen molar-refractivity contribution in [2.75, 3.05) is 9.80 Å². The van der Waals surface area contributed by atoms with Crippen LogP contribution in [0, 0.1) is 0 Å². The molecule has 2 aromatic rings. The van der Waals surface area contributed by atoms with Gasteiger partial charge in [0.25, 0.3) is 11.8 Å². The van der Waals surface area contributed by atoms with Gasteiger partial charge in [-0.2, -0.15) is 0 Å². The fourth-order valence-corrected chi connectivity index (χ4v) is 4.44. The zero-order valence-electron chi connectivity index (χ0n) is 13.6. The van der Waals surface area contributed by atoms with Crippen molar-refractivity contribution in [2.24, 2.45) is 0 Å². The van der Waals surface area contributed by atoms with Gasteiger partial charge in [0.15, 0.2) is 4.32 Å². The number of fused-ring (bicyclic) bond motifs is 1. The van der Waals surface area contributed by atoms with Crippen molar-refractivity contribution >= 4 is 63.0 Å². The molecule has 2 aliphatic rings. The minimum absolute atomic E-state index is 0.228. The molecular weight excluding hydrogens is 368 g/mol. The number of anilines is 2. The van der Waals surface area contributed by atoms with Crippen LogP contribution in [-0.2, 0) is 14.4 Å². The molecule has 0 atom stereocenters. The SMILES string of the molecule is CC(=O)N1C(=O)C(=C2SC(=S)N(c3ccccc3)C2=O)c2ccccc21. The summed E-state index contributed by atoms with van der Waals surface area (Å²) in [7, 11) is 0. The Labute approximate surface area is 159 Å². The smallest absolute Gasteiger partial charge is 0.271 e. The summed E-state index contributed by atoms with van der Waals surface area (Å²) in [6.45, 7) is 1.33. The summed E-state index contributed by atoms with van der Waals surface area (Å²) in [4.78, 5) is 40.7. The van der Waals surface area contributed by atoms with Crippen LogP contribution in [0.4, 0.5) is 11.4 Å². The Bertz CT molecular complexity index is 1010. The minimum Gasteiger partial charge on any atom is -0.274 e. The molecule has 2 heterocycles. The molecule has 1 fully saturated rings. The van der Waals surface area contributed by atoms with Crippen molar-refractivity contribution in [3.8, 4) is 0 Å². The molecule has 3 amide bonds. The minimum atomic E-state index is -0.493. The fourth-order valence-electron chi connectivity index (χ4n) is 3.07. The van der Waals surface area contributed by atoms with Gasteiger partial charge in [-0.1, -0.05) is 60.4 Å². The molecule has 7 heteroatoms. The van der Waals surface area contributed by atoms with Crippen LogP contribution in [0.1, 0.15) is 12.5 Å². The predicted molar refractivity (Wildman–Crippen MR) is 106 cm³/mol. The largest absolute Gasteiger partial charge is 0.274 e. The van der Waals surface area contributed by atoms with Crippen molar-refractivity contribution in [3.05, 3.63) is 65.1 Å². The first-order valence-corrected chi connectivity index (χ1v) is 9.03. The Hall–Kier alpha value is -2.77. The molecule has 0 aromatic heterocycles. The summed E-state index contributed by atoms with van der Waals surface area (Å²) < 4.78 is 0.357. The summed E-state index contributed by atoms with van der Waals surface area (Å²) in [5, 5.41) is 0. The molecule has 26 heavy (non-hydrogen) atoms. The van der Waals surface area contributed by atoms with Crippen molar-refractivity contribution in [1.29, 1.82) is 0 Å². The summed E-state index contributed by atoms with van der Waals surface area (Å²) in [6, 6.07) is 16.0. The third kappa shape index (κ3) is 2.40. The molecule has 128 valence electrons. The zero-order valence-corrected chi connectivity index (χ0v) is 15.3. The molecule has 0 unspecified atom stereocenters. The lowest BCUT2D eigenvalue weighted by molar-refractivity contribution is -0.122. The van der Waals surface area contributed by atoms with Crippen LogP contribution in [0.2, 0.25) is 0 Å². The maximum absolute atomic E-state index is 13.0. The van der Waals surface area contributed by atoms with Crippen LogP contribution in [0.5, 0.6) is 0 Å². The average Bonchev–Trinajstić information content (AvgIpc) is 3.08. The summed E-state index contributed by atoms with van der Waals surface area (Å²) in [5.41, 5.74) is 1.94. The van der Waals surface area contributed by atoms with Crippen LogP contribution < -0.4 is 9.80 Å². The zero-order chi connectivity index (χ0) is 18.4. The van der Waals surface area contributed by atoms with Gasteiger partial charge in [-0.15, -0.1) is 0 Å². The second-order valence-corrected chi connectivity index (χ2v) is 7.37. The highest BCUT2D eigenvalue weighted by atomic mass is 32.2. The van der Waals surface area contributed by atoms with E-state index in [1.54, 1.807) is 36.4 Å². The second kappa shape index (κ2) is 6.19. The maximum Gasteiger partial charge on any atom is 0.271 e. The molecule has 4 rings (SSSR count). The number of carbonyl (C=O) groups excluding carboxylic acids is 3. The van der Waals surface area contributed by atoms with E-state index in [0.717, 1.165) is 16.7 Å². The summed E-state index contributed by atoms with van der Waals surface area (Å²) >= 11 is 6.46. The molecule has 0 aliphatic carbocycles. The van der Waals surface area contributed by atoms with Crippen molar-refractivity contribution < 1.29 is 14.4 Å².